The van der Waals surface area contributed by atoms with Crippen LogP contribution in [-0.2, 0) is 17.6 Å². The predicted molar refractivity (Wildman–Crippen MR) is 93.3 cm³/mol. The summed E-state index contributed by atoms with van der Waals surface area (Å²) in [6.07, 6.45) is 2.34. The minimum Gasteiger partial charge on any atom is -0.326 e. The molecule has 0 fully saturated rings. The van der Waals surface area contributed by atoms with Gasteiger partial charge in [0.1, 0.15) is 0 Å². The van der Waals surface area contributed by atoms with Gasteiger partial charge in [0.2, 0.25) is 5.91 Å². The highest BCUT2D eigenvalue weighted by Crippen LogP contribution is 2.17. The first-order valence-electron chi connectivity index (χ1n) is 8.06. The van der Waals surface area contributed by atoms with E-state index < -0.39 is 0 Å². The predicted octanol–water partition coefficient (Wildman–Crippen LogP) is 4.94. The maximum atomic E-state index is 12.0. The van der Waals surface area contributed by atoms with Gasteiger partial charge in [0.25, 0.3) is 0 Å². The van der Waals surface area contributed by atoms with Gasteiger partial charge in [-0.2, -0.15) is 0 Å². The molecule has 0 saturated carbocycles. The molecule has 2 aromatic carbocycles. The quantitative estimate of drug-likeness (QED) is 0.803. The first-order chi connectivity index (χ1) is 10.6. The van der Waals surface area contributed by atoms with E-state index in [9.17, 15) is 4.79 Å². The van der Waals surface area contributed by atoms with Gasteiger partial charge in [0.05, 0.1) is 0 Å². The van der Waals surface area contributed by atoms with E-state index in [4.69, 9.17) is 0 Å². The van der Waals surface area contributed by atoms with Gasteiger partial charge >= 0.3 is 0 Å². The molecule has 0 atom stereocenters. The number of carbonyl (C=O) groups is 1. The molecule has 0 spiro atoms. The van der Waals surface area contributed by atoms with Crippen LogP contribution in [0, 0.1) is 0 Å². The highest BCUT2D eigenvalue weighted by Gasteiger charge is 2.04. The molecule has 1 amide bonds. The number of hydrogen-bond acceptors (Lipinski definition) is 1. The number of hydrogen-bond donors (Lipinski definition) is 1. The maximum Gasteiger partial charge on any atom is 0.224 e. The van der Waals surface area contributed by atoms with Gasteiger partial charge < -0.3 is 5.32 Å². The Bertz CT molecular complexity index is 597. The molecule has 0 bridgehead atoms. The zero-order valence-electron chi connectivity index (χ0n) is 13.7. The van der Waals surface area contributed by atoms with Crippen molar-refractivity contribution in [2.75, 3.05) is 5.32 Å². The van der Waals surface area contributed by atoms with Crippen molar-refractivity contribution in [2.24, 2.45) is 0 Å². The fourth-order valence-corrected chi connectivity index (χ4v) is 2.37. The van der Waals surface area contributed by atoms with E-state index in [0.29, 0.717) is 12.3 Å². The Labute approximate surface area is 133 Å². The summed E-state index contributed by atoms with van der Waals surface area (Å²) in [4.78, 5) is 12.0. The minimum atomic E-state index is 0.0665. The van der Waals surface area contributed by atoms with Crippen molar-refractivity contribution in [1.82, 2.24) is 0 Å². The minimum absolute atomic E-state index is 0.0665. The molecule has 2 rings (SSSR count). The number of aryl methyl sites for hydroxylation is 2. The van der Waals surface area contributed by atoms with Gasteiger partial charge in [0.15, 0.2) is 0 Å². The fourth-order valence-electron chi connectivity index (χ4n) is 2.37. The number of rotatable bonds is 6. The lowest BCUT2D eigenvalue weighted by Crippen LogP contribution is -2.12. The molecule has 0 aromatic heterocycles. The molecule has 0 unspecified atom stereocenters. The van der Waals surface area contributed by atoms with E-state index in [1.807, 2.05) is 12.1 Å². The zero-order valence-corrected chi connectivity index (χ0v) is 13.7. The average molecular weight is 295 g/mol. The van der Waals surface area contributed by atoms with Gasteiger partial charge in [0, 0.05) is 12.1 Å². The molecule has 116 valence electrons. The first kappa shape index (κ1) is 16.3. The van der Waals surface area contributed by atoms with Crippen molar-refractivity contribution in [1.29, 1.82) is 0 Å². The van der Waals surface area contributed by atoms with E-state index >= 15 is 0 Å². The number of anilines is 1. The molecular weight excluding hydrogens is 270 g/mol. The summed E-state index contributed by atoms with van der Waals surface area (Å²) in [5.41, 5.74) is 4.70. The van der Waals surface area contributed by atoms with E-state index in [-0.39, 0.29) is 5.91 Å². The molecule has 22 heavy (non-hydrogen) atoms. The smallest absolute Gasteiger partial charge is 0.224 e. The third-order valence-electron chi connectivity index (χ3n) is 3.93. The highest BCUT2D eigenvalue weighted by atomic mass is 16.1. The average Bonchev–Trinajstić information content (AvgIpc) is 2.54. The highest BCUT2D eigenvalue weighted by molar-refractivity contribution is 5.90. The van der Waals surface area contributed by atoms with Gasteiger partial charge in [-0.15, -0.1) is 0 Å². The van der Waals surface area contributed by atoms with Crippen molar-refractivity contribution in [3.05, 3.63) is 65.2 Å². The second-order valence-electron chi connectivity index (χ2n) is 5.99. The lowest BCUT2D eigenvalue weighted by Gasteiger charge is -2.08. The Kier molecular flexibility index (Phi) is 5.76. The zero-order chi connectivity index (χ0) is 15.9. The topological polar surface area (TPSA) is 29.1 Å². The molecular formula is C20H25NO. The summed E-state index contributed by atoms with van der Waals surface area (Å²) in [6, 6.07) is 16.6. The maximum absolute atomic E-state index is 12.0. The summed E-state index contributed by atoms with van der Waals surface area (Å²) in [5, 5.41) is 2.96. The van der Waals surface area contributed by atoms with Crippen molar-refractivity contribution in [2.45, 2.75) is 46.0 Å². The molecule has 2 heteroatoms. The van der Waals surface area contributed by atoms with Crippen LogP contribution < -0.4 is 5.32 Å². The monoisotopic (exact) mass is 295 g/mol. The Morgan fingerprint density at radius 2 is 1.55 bits per heavy atom. The first-order valence-corrected chi connectivity index (χ1v) is 8.06. The lowest BCUT2D eigenvalue weighted by atomic mass is 10.0. The summed E-state index contributed by atoms with van der Waals surface area (Å²) in [5.74, 6) is 0.577. The molecule has 2 nitrogen and oxygen atoms in total. The van der Waals surface area contributed by atoms with Gasteiger partial charge in [-0.3, -0.25) is 4.79 Å². The molecule has 0 aliphatic carbocycles. The molecule has 0 aliphatic heterocycles. The van der Waals surface area contributed by atoms with Crippen LogP contribution in [0.15, 0.2) is 48.5 Å². The van der Waals surface area contributed by atoms with Crippen molar-refractivity contribution < 1.29 is 4.79 Å². The fraction of sp³-hybridized carbons (Fsp3) is 0.350. The van der Waals surface area contributed by atoms with Gasteiger partial charge in [-0.25, -0.2) is 0 Å². The molecule has 0 radical (unpaired) electrons. The summed E-state index contributed by atoms with van der Waals surface area (Å²) < 4.78 is 0. The molecule has 0 saturated heterocycles. The van der Waals surface area contributed by atoms with E-state index in [1.165, 1.54) is 16.7 Å². The largest absolute Gasteiger partial charge is 0.326 e. The molecule has 2 aromatic rings. The Morgan fingerprint density at radius 1 is 0.955 bits per heavy atom. The summed E-state index contributed by atoms with van der Waals surface area (Å²) in [6.45, 7) is 6.47. The Hall–Kier alpha value is -2.09. The van der Waals surface area contributed by atoms with Crippen LogP contribution in [0.25, 0.3) is 0 Å². The Morgan fingerprint density at radius 3 is 2.09 bits per heavy atom. The van der Waals surface area contributed by atoms with Crippen LogP contribution in [0.5, 0.6) is 0 Å². The van der Waals surface area contributed by atoms with Crippen molar-refractivity contribution in [3.63, 3.8) is 0 Å². The SMILES string of the molecule is CCc1ccc(CCC(=O)Nc2ccc(C(C)C)cc2)cc1. The number of amides is 1. The van der Waals surface area contributed by atoms with Crippen LogP contribution in [-0.4, -0.2) is 5.91 Å². The van der Waals surface area contributed by atoms with Crippen LogP contribution in [0.4, 0.5) is 5.69 Å². The standard InChI is InChI=1S/C20H25NO/c1-4-16-5-7-17(8-6-16)9-14-20(22)21-19-12-10-18(11-13-19)15(2)3/h5-8,10-13,15H,4,9,14H2,1-3H3,(H,21,22). The second-order valence-corrected chi connectivity index (χ2v) is 5.99. The van der Waals surface area contributed by atoms with Crippen LogP contribution in [0.3, 0.4) is 0 Å². The van der Waals surface area contributed by atoms with Crippen molar-refractivity contribution in [3.8, 4) is 0 Å². The molecule has 0 heterocycles. The second kappa shape index (κ2) is 7.79. The third-order valence-corrected chi connectivity index (χ3v) is 3.93. The van der Waals surface area contributed by atoms with E-state index in [1.54, 1.807) is 0 Å². The lowest BCUT2D eigenvalue weighted by molar-refractivity contribution is -0.116. The van der Waals surface area contributed by atoms with Crippen LogP contribution in [0.2, 0.25) is 0 Å². The molecule has 0 aliphatic rings. The summed E-state index contributed by atoms with van der Waals surface area (Å²) >= 11 is 0. The van der Waals surface area contributed by atoms with Crippen molar-refractivity contribution >= 4 is 11.6 Å². The number of benzene rings is 2. The van der Waals surface area contributed by atoms with Crippen LogP contribution >= 0.6 is 0 Å². The van der Waals surface area contributed by atoms with Gasteiger partial charge in [-0.1, -0.05) is 57.2 Å². The Balaban J connectivity index is 1.84. The number of nitrogens with one attached hydrogen (secondary N) is 1. The normalized spacial score (nSPS) is 10.7. The van der Waals surface area contributed by atoms with E-state index in [2.05, 4.69) is 62.5 Å². The van der Waals surface area contributed by atoms with Crippen LogP contribution in [0.1, 0.15) is 49.8 Å². The molecule has 1 N–H and O–H groups in total. The number of carbonyl (C=O) groups excluding carboxylic acids is 1. The summed E-state index contributed by atoms with van der Waals surface area (Å²) in [7, 11) is 0. The third kappa shape index (κ3) is 4.73. The van der Waals surface area contributed by atoms with E-state index in [0.717, 1.165) is 18.5 Å². The van der Waals surface area contributed by atoms with Gasteiger partial charge in [-0.05, 0) is 47.6 Å².